The van der Waals surface area contributed by atoms with Crippen LogP contribution in [0.4, 0.5) is 5.69 Å². The van der Waals surface area contributed by atoms with E-state index in [1.54, 1.807) is 2.14 Å². The molecule has 10 heavy (non-hydrogen) atoms. The first-order valence-corrected chi connectivity index (χ1v) is 4.63. The van der Waals surface area contributed by atoms with Gasteiger partial charge in [-0.1, -0.05) is 23.7 Å². The van der Waals surface area contributed by atoms with Crippen molar-refractivity contribution in [2.45, 2.75) is 0 Å². The third-order valence-corrected chi connectivity index (χ3v) is 2.26. The smallest absolute Gasteiger partial charge is 0.0766 e. The maximum Gasteiger partial charge on any atom is 0.0766 e. The average Bonchev–Trinajstić information content (AvgIpc) is 1.88. The Balaban J connectivity index is 3.03. The Morgan fingerprint density at radius 1 is 1.40 bits per heavy atom. The van der Waals surface area contributed by atoms with Crippen molar-refractivity contribution in [3.8, 4) is 0 Å². The molecule has 1 rings (SSSR count). The Hall–Kier alpha value is 0.520. The first kappa shape index (κ1) is 8.62. The Labute approximate surface area is 87.2 Å². The van der Waals surface area contributed by atoms with E-state index in [0.29, 0.717) is 0 Å². The zero-order chi connectivity index (χ0) is 7.56. The van der Waals surface area contributed by atoms with Crippen LogP contribution in [0.1, 0.15) is 0 Å². The molecule has 0 bridgehead atoms. The second-order valence-electron chi connectivity index (χ2n) is 1.68. The summed E-state index contributed by atoms with van der Waals surface area (Å²) in [7, 11) is 0. The standard InChI is InChI=1S/C6H4BrClIN/c7-10(9)6-4-2-1-3-5(6)8/h1-4H. The fourth-order valence-electron chi connectivity index (χ4n) is 0.589. The Bertz CT molecular complexity index is 229. The summed E-state index contributed by atoms with van der Waals surface area (Å²) in [5.74, 6) is 0. The van der Waals surface area contributed by atoms with Crippen molar-refractivity contribution in [1.29, 1.82) is 0 Å². The van der Waals surface area contributed by atoms with E-state index >= 15 is 0 Å². The van der Waals surface area contributed by atoms with Gasteiger partial charge < -0.3 is 0 Å². The van der Waals surface area contributed by atoms with Crippen molar-refractivity contribution in [1.82, 2.24) is 0 Å². The van der Waals surface area contributed by atoms with Crippen molar-refractivity contribution >= 4 is 56.3 Å². The van der Waals surface area contributed by atoms with Crippen LogP contribution < -0.4 is 2.14 Å². The summed E-state index contributed by atoms with van der Waals surface area (Å²) >= 11 is 11.2. The zero-order valence-corrected chi connectivity index (χ0v) is 9.39. The summed E-state index contributed by atoms with van der Waals surface area (Å²) < 4.78 is 1.77. The first-order chi connectivity index (χ1) is 4.72. The molecular formula is C6H4BrClIN. The Morgan fingerprint density at radius 2 is 2.00 bits per heavy atom. The Morgan fingerprint density at radius 3 is 2.40 bits per heavy atom. The molecule has 0 spiro atoms. The number of hydrogen-bond acceptors (Lipinski definition) is 1. The molecule has 0 aliphatic heterocycles. The molecule has 0 amide bonds. The van der Waals surface area contributed by atoms with E-state index in [9.17, 15) is 0 Å². The van der Waals surface area contributed by atoms with E-state index in [-0.39, 0.29) is 0 Å². The van der Waals surface area contributed by atoms with E-state index in [1.165, 1.54) is 0 Å². The van der Waals surface area contributed by atoms with Crippen LogP contribution in [0.2, 0.25) is 5.02 Å². The number of nitrogens with zero attached hydrogens (tertiary/aromatic N) is 1. The van der Waals surface area contributed by atoms with Gasteiger partial charge in [0.2, 0.25) is 0 Å². The molecule has 1 nitrogen and oxygen atoms in total. The predicted molar refractivity (Wildman–Crippen MR) is 56.9 cm³/mol. The first-order valence-electron chi connectivity index (χ1n) is 2.58. The minimum atomic E-state index is 0.744. The molecular weight excluding hydrogens is 328 g/mol. The molecule has 0 saturated carbocycles. The maximum atomic E-state index is 5.84. The fourth-order valence-corrected chi connectivity index (χ4v) is 1.78. The van der Waals surface area contributed by atoms with E-state index in [4.69, 9.17) is 11.6 Å². The van der Waals surface area contributed by atoms with Gasteiger partial charge in [-0.25, -0.2) is 2.14 Å². The highest BCUT2D eigenvalue weighted by Gasteiger charge is 2.01. The average molecular weight is 332 g/mol. The van der Waals surface area contributed by atoms with Crippen molar-refractivity contribution < 1.29 is 0 Å². The second kappa shape index (κ2) is 3.78. The lowest BCUT2D eigenvalue weighted by atomic mass is 10.3. The van der Waals surface area contributed by atoms with Gasteiger partial charge in [-0.2, -0.15) is 0 Å². The highest BCUT2D eigenvalue weighted by Crippen LogP contribution is 2.29. The normalized spacial score (nSPS) is 9.50. The van der Waals surface area contributed by atoms with E-state index in [0.717, 1.165) is 10.7 Å². The van der Waals surface area contributed by atoms with Crippen molar-refractivity contribution in [3.63, 3.8) is 0 Å². The van der Waals surface area contributed by atoms with E-state index in [2.05, 4.69) is 39.0 Å². The molecule has 0 aliphatic carbocycles. The Kier molecular flexibility index (Phi) is 3.26. The largest absolute Gasteiger partial charge is 0.247 e. The van der Waals surface area contributed by atoms with E-state index in [1.807, 2.05) is 24.3 Å². The van der Waals surface area contributed by atoms with Gasteiger partial charge in [0.25, 0.3) is 0 Å². The number of halogens is 3. The number of rotatable bonds is 1. The van der Waals surface area contributed by atoms with Gasteiger partial charge in [-0.15, -0.1) is 0 Å². The van der Waals surface area contributed by atoms with Crippen LogP contribution in [-0.4, -0.2) is 0 Å². The monoisotopic (exact) mass is 331 g/mol. The quantitative estimate of drug-likeness (QED) is 0.558. The zero-order valence-electron chi connectivity index (χ0n) is 4.89. The van der Waals surface area contributed by atoms with Crippen LogP contribution in [0.15, 0.2) is 24.3 Å². The van der Waals surface area contributed by atoms with Crippen LogP contribution in [0.3, 0.4) is 0 Å². The SMILES string of the molecule is Clc1ccccc1N(Br)I. The molecule has 0 aliphatic rings. The summed E-state index contributed by atoms with van der Waals surface area (Å²) in [6.07, 6.45) is 0. The predicted octanol–water partition coefficient (Wildman–Crippen LogP) is 3.81. The van der Waals surface area contributed by atoms with Gasteiger partial charge in [0.15, 0.2) is 0 Å². The fraction of sp³-hybridized carbons (Fsp3) is 0. The third-order valence-electron chi connectivity index (χ3n) is 1.03. The van der Waals surface area contributed by atoms with Crippen molar-refractivity contribution in [2.24, 2.45) is 0 Å². The van der Waals surface area contributed by atoms with Gasteiger partial charge in [0.1, 0.15) is 0 Å². The molecule has 0 atom stereocenters. The summed E-state index contributed by atoms with van der Waals surface area (Å²) in [6, 6.07) is 7.63. The highest BCUT2D eigenvalue weighted by molar-refractivity contribution is 14.1. The number of anilines is 1. The van der Waals surface area contributed by atoms with E-state index < -0.39 is 0 Å². The van der Waals surface area contributed by atoms with Crippen LogP contribution in [-0.2, 0) is 0 Å². The van der Waals surface area contributed by atoms with Crippen LogP contribution in [0.5, 0.6) is 0 Å². The van der Waals surface area contributed by atoms with Crippen LogP contribution >= 0.6 is 50.6 Å². The molecule has 0 fully saturated rings. The van der Waals surface area contributed by atoms with Gasteiger partial charge in [-0.05, 0) is 12.1 Å². The van der Waals surface area contributed by atoms with Gasteiger partial charge in [0, 0.05) is 0 Å². The van der Waals surface area contributed by atoms with Crippen molar-refractivity contribution in [3.05, 3.63) is 29.3 Å². The van der Waals surface area contributed by atoms with Gasteiger partial charge >= 0.3 is 0 Å². The lowest BCUT2D eigenvalue weighted by Gasteiger charge is -2.07. The molecule has 0 radical (unpaired) electrons. The molecule has 1 aromatic rings. The molecule has 1 aromatic carbocycles. The molecule has 0 unspecified atom stereocenters. The topological polar surface area (TPSA) is 3.24 Å². The van der Waals surface area contributed by atoms with Crippen LogP contribution in [0, 0.1) is 0 Å². The number of hydrogen-bond donors (Lipinski definition) is 0. The maximum absolute atomic E-state index is 5.84. The molecule has 54 valence electrons. The number of para-hydroxylation sites is 1. The van der Waals surface area contributed by atoms with Crippen LogP contribution in [0.25, 0.3) is 0 Å². The van der Waals surface area contributed by atoms with Gasteiger partial charge in [-0.3, -0.25) is 0 Å². The lowest BCUT2D eigenvalue weighted by Crippen LogP contribution is -1.89. The highest BCUT2D eigenvalue weighted by atomic mass is 127. The summed E-state index contributed by atoms with van der Waals surface area (Å²) in [5.41, 5.74) is 0.963. The van der Waals surface area contributed by atoms with Gasteiger partial charge in [0.05, 0.1) is 49.7 Å². The molecule has 0 N–H and O–H groups in total. The summed E-state index contributed by atoms with van der Waals surface area (Å²) in [6.45, 7) is 0. The minimum Gasteiger partial charge on any atom is -0.247 e. The molecule has 4 heteroatoms. The second-order valence-corrected chi connectivity index (χ2v) is 5.09. The van der Waals surface area contributed by atoms with Crippen molar-refractivity contribution in [2.75, 3.05) is 2.14 Å². The molecule has 0 aromatic heterocycles. The summed E-state index contributed by atoms with van der Waals surface area (Å²) in [5, 5.41) is 0.744. The molecule has 0 heterocycles. The lowest BCUT2D eigenvalue weighted by molar-refractivity contribution is 1.65. The summed E-state index contributed by atoms with van der Waals surface area (Å²) in [4.78, 5) is 0. The molecule has 0 saturated heterocycles. The number of benzene rings is 1. The minimum absolute atomic E-state index is 0.744. The third kappa shape index (κ3) is 2.00.